The minimum absolute atomic E-state index is 0.0177. The molecule has 0 saturated carbocycles. The number of rotatable bonds is 4. The third kappa shape index (κ3) is 5.86. The molecule has 1 aromatic heterocycles. The van der Waals surface area contributed by atoms with Crippen LogP contribution in [0.2, 0.25) is 0 Å². The van der Waals surface area contributed by atoms with Gasteiger partial charge in [0, 0.05) is 33.5 Å². The van der Waals surface area contributed by atoms with Gasteiger partial charge in [-0.2, -0.15) is 0 Å². The predicted octanol–water partition coefficient (Wildman–Crippen LogP) is 13.9. The summed E-state index contributed by atoms with van der Waals surface area (Å²) in [6.45, 7) is 11.2. The van der Waals surface area contributed by atoms with Crippen LogP contribution in [0.15, 0.2) is 169 Å². The van der Waals surface area contributed by atoms with Gasteiger partial charge in [-0.1, -0.05) is 167 Å². The zero-order valence-corrected chi connectivity index (χ0v) is 34.0. The lowest BCUT2D eigenvalue weighted by molar-refractivity contribution is 0.434. The molecule has 0 radical (unpaired) electrons. The van der Waals surface area contributed by atoms with Crippen molar-refractivity contribution < 1.29 is 4.74 Å². The van der Waals surface area contributed by atoms with Gasteiger partial charge < -0.3 is 4.74 Å². The van der Waals surface area contributed by atoms with Crippen molar-refractivity contribution in [3.05, 3.63) is 214 Å². The number of aryl methyl sites for hydroxylation is 1. The summed E-state index contributed by atoms with van der Waals surface area (Å²) in [4.78, 5) is 10.7. The first-order chi connectivity index (χ1) is 28.2. The first kappa shape index (κ1) is 36.0. The number of benzene rings is 6. The molecule has 0 amide bonds. The molecule has 2 aliphatic heterocycles. The van der Waals surface area contributed by atoms with E-state index in [-0.39, 0.29) is 11.5 Å². The molecule has 3 nitrogen and oxygen atoms in total. The minimum Gasteiger partial charge on any atom is -0.457 e. The minimum atomic E-state index is -0.507. The molecule has 7 aromatic rings. The molecule has 0 N–H and O–H groups in total. The molecule has 2 unspecified atom stereocenters. The summed E-state index contributed by atoms with van der Waals surface area (Å²) < 4.78 is 6.62. The fourth-order valence-electron chi connectivity index (χ4n) is 9.69. The smallest absolute Gasteiger partial charge is 0.132 e. The van der Waals surface area contributed by atoms with Crippen LogP contribution in [0, 0.1) is 12.8 Å². The summed E-state index contributed by atoms with van der Waals surface area (Å²) in [6.07, 6.45) is 4.33. The second-order valence-electron chi connectivity index (χ2n) is 17.4. The van der Waals surface area contributed by atoms with Crippen molar-refractivity contribution in [1.82, 2.24) is 4.98 Å². The van der Waals surface area contributed by atoms with Crippen molar-refractivity contribution in [2.45, 2.75) is 64.3 Å². The molecule has 0 fully saturated rings. The molecule has 58 heavy (non-hydrogen) atoms. The van der Waals surface area contributed by atoms with E-state index in [2.05, 4.69) is 198 Å². The van der Waals surface area contributed by atoms with Gasteiger partial charge in [-0.25, -0.2) is 0 Å². The van der Waals surface area contributed by atoms with E-state index < -0.39 is 5.41 Å². The Bertz CT molecular complexity index is 2720. The maximum Gasteiger partial charge on any atom is 0.132 e. The van der Waals surface area contributed by atoms with Crippen molar-refractivity contribution in [3.8, 4) is 33.8 Å². The Balaban J connectivity index is 1.09. The molecule has 1 spiro atoms. The fourth-order valence-corrected chi connectivity index (χ4v) is 9.69. The molecule has 3 heteroatoms. The molecule has 0 saturated heterocycles. The summed E-state index contributed by atoms with van der Waals surface area (Å²) >= 11 is 0. The van der Waals surface area contributed by atoms with E-state index >= 15 is 0 Å². The van der Waals surface area contributed by atoms with Gasteiger partial charge >= 0.3 is 0 Å². The molecular weight excluding hydrogens is 705 g/mol. The Hall–Kier alpha value is -6.32. The summed E-state index contributed by atoms with van der Waals surface area (Å²) in [5, 5.41) is 0. The van der Waals surface area contributed by atoms with Crippen LogP contribution in [0.3, 0.4) is 0 Å². The van der Waals surface area contributed by atoms with Crippen molar-refractivity contribution in [1.29, 1.82) is 0 Å². The van der Waals surface area contributed by atoms with E-state index in [4.69, 9.17) is 14.7 Å². The van der Waals surface area contributed by atoms with Crippen LogP contribution in [0.5, 0.6) is 11.5 Å². The lowest BCUT2D eigenvalue weighted by Crippen LogP contribution is -2.32. The quantitative estimate of drug-likeness (QED) is 0.179. The first-order valence-electron chi connectivity index (χ1n) is 20.7. The fraction of sp³-hybridized carbons (Fsp3) is 0.200. The van der Waals surface area contributed by atoms with Gasteiger partial charge in [0.25, 0.3) is 0 Å². The number of nitrogens with zero attached hydrogens (tertiary/aromatic N) is 2. The number of aromatic nitrogens is 1. The molecule has 284 valence electrons. The van der Waals surface area contributed by atoms with Crippen LogP contribution >= 0.6 is 0 Å². The lowest BCUT2D eigenvalue weighted by atomic mass is 9.66. The Labute approximate surface area is 342 Å². The molecule has 2 atom stereocenters. The zero-order valence-electron chi connectivity index (χ0n) is 34.0. The van der Waals surface area contributed by atoms with E-state index in [1.165, 1.54) is 61.2 Å². The number of aliphatic imine (C=N–C) groups is 1. The van der Waals surface area contributed by atoms with Crippen molar-refractivity contribution in [3.63, 3.8) is 0 Å². The maximum absolute atomic E-state index is 6.62. The average Bonchev–Trinajstić information content (AvgIpc) is 3.52. The Morgan fingerprint density at radius 2 is 1.19 bits per heavy atom. The molecule has 6 aromatic carbocycles. The highest BCUT2D eigenvalue weighted by Crippen LogP contribution is 2.62. The van der Waals surface area contributed by atoms with Crippen LogP contribution in [0.4, 0.5) is 0 Å². The second kappa shape index (κ2) is 14.0. The van der Waals surface area contributed by atoms with Gasteiger partial charge in [-0.05, 0) is 100 Å². The van der Waals surface area contributed by atoms with Gasteiger partial charge in [-0.3, -0.25) is 9.98 Å². The maximum atomic E-state index is 6.62. The molecule has 0 bridgehead atoms. The normalized spacial score (nSPS) is 18.6. The summed E-state index contributed by atoms with van der Waals surface area (Å²) in [5.41, 5.74) is 17.6. The second-order valence-corrected chi connectivity index (χ2v) is 17.4. The van der Waals surface area contributed by atoms with Gasteiger partial charge in [-0.15, -0.1) is 0 Å². The third-order valence-corrected chi connectivity index (χ3v) is 12.7. The number of para-hydroxylation sites is 2. The standard InChI is InChI=1S/C55H48N2O/c1-35-23-24-40(37-25-27-38(28-26-37)42-31-32-52(54(3,4)5)56-36(42)2)34-49(39-15-7-6-8-16-39)57-53(35)41-29-30-44-43-17-9-10-18-45(43)55(48(44)33-41)46-19-11-13-21-50(46)58-51-22-14-12-20-47(51)55/h6-22,25-35,53H,23-24H2,1-5H3/b40-34+,57-49?. The molecule has 3 heterocycles. The number of fused-ring (bicyclic) bond motifs is 9. The predicted molar refractivity (Wildman–Crippen MR) is 239 cm³/mol. The number of hydrogen-bond donors (Lipinski definition) is 0. The summed E-state index contributed by atoms with van der Waals surface area (Å²) in [6, 6.07) is 57.5. The van der Waals surface area contributed by atoms with Gasteiger partial charge in [0.2, 0.25) is 0 Å². The molecule has 1 aliphatic carbocycles. The largest absolute Gasteiger partial charge is 0.457 e. The van der Waals surface area contributed by atoms with Crippen LogP contribution < -0.4 is 4.74 Å². The Morgan fingerprint density at radius 1 is 0.586 bits per heavy atom. The monoisotopic (exact) mass is 752 g/mol. The van der Waals surface area contributed by atoms with E-state index in [1.54, 1.807) is 0 Å². The average molecular weight is 753 g/mol. The van der Waals surface area contributed by atoms with Crippen LogP contribution in [-0.4, -0.2) is 10.7 Å². The molecule has 3 aliphatic rings. The van der Waals surface area contributed by atoms with Crippen molar-refractivity contribution >= 4 is 11.3 Å². The van der Waals surface area contributed by atoms with E-state index in [0.717, 1.165) is 47.0 Å². The van der Waals surface area contributed by atoms with E-state index in [0.29, 0.717) is 5.92 Å². The number of hydrogen-bond acceptors (Lipinski definition) is 3. The number of pyridine rings is 1. The van der Waals surface area contributed by atoms with E-state index in [1.807, 2.05) is 0 Å². The van der Waals surface area contributed by atoms with Crippen molar-refractivity contribution in [2.24, 2.45) is 10.9 Å². The number of allylic oxidation sites excluding steroid dienone is 2. The highest BCUT2D eigenvalue weighted by Gasteiger charge is 2.51. The van der Waals surface area contributed by atoms with Crippen molar-refractivity contribution in [2.75, 3.05) is 0 Å². The zero-order chi connectivity index (χ0) is 39.6. The summed E-state index contributed by atoms with van der Waals surface area (Å²) in [5.74, 6) is 2.12. The van der Waals surface area contributed by atoms with Crippen LogP contribution in [0.1, 0.15) is 96.9 Å². The van der Waals surface area contributed by atoms with Gasteiger partial charge in [0.15, 0.2) is 0 Å². The Morgan fingerprint density at radius 3 is 1.88 bits per heavy atom. The topological polar surface area (TPSA) is 34.5 Å². The third-order valence-electron chi connectivity index (χ3n) is 12.7. The highest BCUT2D eigenvalue weighted by molar-refractivity contribution is 6.12. The van der Waals surface area contributed by atoms with Crippen LogP contribution in [-0.2, 0) is 10.8 Å². The van der Waals surface area contributed by atoms with Gasteiger partial charge in [0.1, 0.15) is 11.5 Å². The first-order valence-corrected chi connectivity index (χ1v) is 20.7. The van der Waals surface area contributed by atoms with Crippen LogP contribution in [0.25, 0.3) is 27.8 Å². The summed E-state index contributed by atoms with van der Waals surface area (Å²) in [7, 11) is 0. The molecule has 10 rings (SSSR count). The number of ether oxygens (including phenoxy) is 1. The highest BCUT2D eigenvalue weighted by atomic mass is 16.5. The SMILES string of the molecule is Cc1nc(C(C)(C)C)ccc1-c1ccc(/C2=C/C(c3ccccc3)=NC(c3ccc4c(c3)C3(c5ccccc5Oc5ccccc53)c3ccccc3-4)C(C)CC2)cc1. The van der Waals surface area contributed by atoms with Gasteiger partial charge in [0.05, 0.1) is 17.2 Å². The molecular formula is C55H48N2O. The van der Waals surface area contributed by atoms with E-state index in [9.17, 15) is 0 Å². The lowest BCUT2D eigenvalue weighted by Gasteiger charge is -2.39. The Kier molecular flexibility index (Phi) is 8.67.